The van der Waals surface area contributed by atoms with E-state index in [2.05, 4.69) is 41.5 Å². The number of unbranched alkanes of at least 4 members (excludes halogenated alkanes) is 2. The molecule has 0 aliphatic rings. The van der Waals surface area contributed by atoms with Crippen molar-refractivity contribution in [2.45, 2.75) is 33.1 Å². The zero-order valence-electron chi connectivity index (χ0n) is 17.1. The number of hydrogen-bond donors (Lipinski definition) is 1. The summed E-state index contributed by atoms with van der Waals surface area (Å²) in [4.78, 5) is 5.81. The SMILES string of the molecule is CCCCCOc1ccc(/C=N\Nc2nc(-c3ccccc3)c(C)s2)cc1OC. The average molecular weight is 410 g/mol. The van der Waals surface area contributed by atoms with Crippen molar-refractivity contribution in [1.29, 1.82) is 0 Å². The molecule has 0 unspecified atom stereocenters. The maximum absolute atomic E-state index is 5.82. The summed E-state index contributed by atoms with van der Waals surface area (Å²) in [6.07, 6.45) is 5.14. The normalized spacial score (nSPS) is 11.0. The van der Waals surface area contributed by atoms with E-state index in [1.165, 1.54) is 12.8 Å². The van der Waals surface area contributed by atoms with Crippen LogP contribution in [0.3, 0.4) is 0 Å². The fraction of sp³-hybridized carbons (Fsp3) is 0.304. The molecule has 152 valence electrons. The van der Waals surface area contributed by atoms with E-state index in [0.29, 0.717) is 12.4 Å². The molecule has 6 heteroatoms. The molecule has 29 heavy (non-hydrogen) atoms. The zero-order chi connectivity index (χ0) is 20.5. The van der Waals surface area contributed by atoms with Crippen LogP contribution in [0.5, 0.6) is 11.5 Å². The summed E-state index contributed by atoms with van der Waals surface area (Å²) in [5.41, 5.74) is 6.05. The summed E-state index contributed by atoms with van der Waals surface area (Å²) in [5.74, 6) is 1.47. The lowest BCUT2D eigenvalue weighted by molar-refractivity contribution is 0.286. The quantitative estimate of drug-likeness (QED) is 0.248. The Morgan fingerprint density at radius 1 is 1.10 bits per heavy atom. The number of rotatable bonds is 10. The molecule has 0 saturated carbocycles. The molecule has 0 radical (unpaired) electrons. The Kier molecular flexibility index (Phi) is 7.64. The number of hydrazone groups is 1. The molecule has 5 nitrogen and oxygen atoms in total. The molecule has 0 spiro atoms. The van der Waals surface area contributed by atoms with Gasteiger partial charge < -0.3 is 9.47 Å². The molecule has 2 aromatic carbocycles. The van der Waals surface area contributed by atoms with Gasteiger partial charge in [-0.15, -0.1) is 11.3 Å². The summed E-state index contributed by atoms with van der Waals surface area (Å²) in [6.45, 7) is 4.95. The Morgan fingerprint density at radius 3 is 2.69 bits per heavy atom. The van der Waals surface area contributed by atoms with Crippen molar-refractivity contribution in [3.05, 3.63) is 59.0 Å². The van der Waals surface area contributed by atoms with Crippen LogP contribution in [0.2, 0.25) is 0 Å². The van der Waals surface area contributed by atoms with Gasteiger partial charge in [-0.1, -0.05) is 50.1 Å². The van der Waals surface area contributed by atoms with Crippen LogP contribution in [-0.4, -0.2) is 24.9 Å². The molecule has 3 aromatic rings. The van der Waals surface area contributed by atoms with Gasteiger partial charge in [0.1, 0.15) is 0 Å². The largest absolute Gasteiger partial charge is 0.493 e. The molecule has 0 amide bonds. The molecule has 1 N–H and O–H groups in total. The minimum absolute atomic E-state index is 0.701. The lowest BCUT2D eigenvalue weighted by Crippen LogP contribution is -2.00. The smallest absolute Gasteiger partial charge is 0.204 e. The second-order valence-corrected chi connectivity index (χ2v) is 7.83. The fourth-order valence-corrected chi connectivity index (χ4v) is 3.67. The summed E-state index contributed by atoms with van der Waals surface area (Å²) in [6, 6.07) is 16.0. The van der Waals surface area contributed by atoms with E-state index in [9.17, 15) is 0 Å². The second-order valence-electron chi connectivity index (χ2n) is 6.63. The van der Waals surface area contributed by atoms with Gasteiger partial charge in [0.05, 0.1) is 25.6 Å². The number of methoxy groups -OCH3 is 1. The lowest BCUT2D eigenvalue weighted by atomic mass is 10.1. The van der Waals surface area contributed by atoms with Crippen molar-refractivity contribution in [2.24, 2.45) is 5.10 Å². The third-order valence-corrected chi connectivity index (χ3v) is 5.29. The van der Waals surface area contributed by atoms with Gasteiger partial charge in [0.2, 0.25) is 5.13 Å². The molecular weight excluding hydrogens is 382 g/mol. The van der Waals surface area contributed by atoms with Gasteiger partial charge in [0.25, 0.3) is 0 Å². The maximum atomic E-state index is 5.82. The highest BCUT2D eigenvalue weighted by Gasteiger charge is 2.09. The topological polar surface area (TPSA) is 55.7 Å². The first-order valence-electron chi connectivity index (χ1n) is 9.84. The van der Waals surface area contributed by atoms with Crippen LogP contribution in [0.15, 0.2) is 53.6 Å². The van der Waals surface area contributed by atoms with E-state index in [1.807, 2.05) is 36.4 Å². The van der Waals surface area contributed by atoms with Crippen LogP contribution >= 0.6 is 11.3 Å². The first kappa shape index (κ1) is 20.9. The lowest BCUT2D eigenvalue weighted by Gasteiger charge is -2.11. The van der Waals surface area contributed by atoms with Gasteiger partial charge >= 0.3 is 0 Å². The number of thiazole rings is 1. The minimum Gasteiger partial charge on any atom is -0.493 e. The first-order valence-corrected chi connectivity index (χ1v) is 10.7. The molecule has 0 bridgehead atoms. The van der Waals surface area contributed by atoms with Crippen molar-refractivity contribution in [3.8, 4) is 22.8 Å². The van der Waals surface area contributed by atoms with Crippen LogP contribution in [0.25, 0.3) is 11.3 Å². The van der Waals surface area contributed by atoms with E-state index in [-0.39, 0.29) is 0 Å². The summed E-state index contributed by atoms with van der Waals surface area (Å²) in [7, 11) is 1.65. The highest BCUT2D eigenvalue weighted by Crippen LogP contribution is 2.30. The summed E-state index contributed by atoms with van der Waals surface area (Å²) in [5, 5.41) is 5.09. The first-order chi connectivity index (χ1) is 14.2. The molecular formula is C23H27N3O2S. The average Bonchev–Trinajstić information content (AvgIpc) is 3.12. The third-order valence-electron chi connectivity index (χ3n) is 4.41. The fourth-order valence-electron chi connectivity index (χ4n) is 2.89. The van der Waals surface area contributed by atoms with Gasteiger partial charge in [-0.3, -0.25) is 5.43 Å². The van der Waals surface area contributed by atoms with Crippen molar-refractivity contribution >= 4 is 22.7 Å². The third kappa shape index (κ3) is 5.81. The number of benzene rings is 2. The van der Waals surface area contributed by atoms with E-state index in [4.69, 9.17) is 9.47 Å². The standard InChI is InChI=1S/C23H27N3O2S/c1-4-5-9-14-28-20-13-12-18(15-21(20)27-3)16-24-26-23-25-22(17(2)29-23)19-10-7-6-8-11-19/h6-8,10-13,15-16H,4-5,9,14H2,1-3H3,(H,25,26)/b24-16-. The Balaban J connectivity index is 1.63. The van der Waals surface area contributed by atoms with Gasteiger partial charge in [0.15, 0.2) is 11.5 Å². The molecule has 0 atom stereocenters. The molecule has 0 aliphatic heterocycles. The Hall–Kier alpha value is -2.86. The predicted octanol–water partition coefficient (Wildman–Crippen LogP) is 6.14. The van der Waals surface area contributed by atoms with Crippen molar-refractivity contribution < 1.29 is 9.47 Å². The predicted molar refractivity (Wildman–Crippen MR) is 122 cm³/mol. The van der Waals surface area contributed by atoms with Crippen LogP contribution in [0.1, 0.15) is 36.6 Å². The number of hydrogen-bond acceptors (Lipinski definition) is 6. The number of nitrogens with zero attached hydrogens (tertiary/aromatic N) is 2. The number of aryl methyl sites for hydroxylation is 1. The number of anilines is 1. The minimum atomic E-state index is 0.701. The van der Waals surface area contributed by atoms with Crippen LogP contribution < -0.4 is 14.9 Å². The van der Waals surface area contributed by atoms with Gasteiger partial charge in [-0.05, 0) is 37.1 Å². The van der Waals surface area contributed by atoms with Gasteiger partial charge in [-0.2, -0.15) is 5.10 Å². The Labute approximate surface area is 176 Å². The maximum Gasteiger partial charge on any atom is 0.204 e. The van der Waals surface area contributed by atoms with Crippen molar-refractivity contribution in [3.63, 3.8) is 0 Å². The molecule has 0 aliphatic carbocycles. The Bertz CT molecular complexity index is 939. The monoisotopic (exact) mass is 409 g/mol. The van der Waals surface area contributed by atoms with Gasteiger partial charge in [-0.25, -0.2) is 4.98 Å². The highest BCUT2D eigenvalue weighted by molar-refractivity contribution is 7.15. The van der Waals surface area contributed by atoms with Crippen LogP contribution in [0, 0.1) is 6.92 Å². The molecule has 1 aromatic heterocycles. The van der Waals surface area contributed by atoms with Crippen molar-refractivity contribution in [1.82, 2.24) is 4.98 Å². The van der Waals surface area contributed by atoms with E-state index >= 15 is 0 Å². The Morgan fingerprint density at radius 2 is 1.93 bits per heavy atom. The highest BCUT2D eigenvalue weighted by atomic mass is 32.1. The summed E-state index contributed by atoms with van der Waals surface area (Å²) >= 11 is 1.59. The zero-order valence-corrected chi connectivity index (χ0v) is 18.0. The second kappa shape index (κ2) is 10.6. The molecule has 0 fully saturated rings. The molecule has 1 heterocycles. The van der Waals surface area contributed by atoms with Crippen LogP contribution in [0.4, 0.5) is 5.13 Å². The van der Waals surface area contributed by atoms with Crippen molar-refractivity contribution in [2.75, 3.05) is 19.1 Å². The number of aromatic nitrogens is 1. The van der Waals surface area contributed by atoms with E-state index in [1.54, 1.807) is 24.7 Å². The van der Waals surface area contributed by atoms with Crippen LogP contribution in [-0.2, 0) is 0 Å². The van der Waals surface area contributed by atoms with Gasteiger partial charge in [0, 0.05) is 10.4 Å². The molecule has 3 rings (SSSR count). The van der Waals surface area contributed by atoms with E-state index in [0.717, 1.165) is 39.0 Å². The summed E-state index contributed by atoms with van der Waals surface area (Å²) < 4.78 is 11.3. The number of ether oxygens (including phenoxy) is 2. The van der Waals surface area contributed by atoms with E-state index < -0.39 is 0 Å². The molecule has 0 saturated heterocycles. The number of nitrogens with one attached hydrogen (secondary N) is 1.